The van der Waals surface area contributed by atoms with Crippen molar-refractivity contribution < 1.29 is 21.6 Å². The van der Waals surface area contributed by atoms with Crippen molar-refractivity contribution in [3.05, 3.63) is 0 Å². The van der Waals surface area contributed by atoms with Gasteiger partial charge in [-0.15, -0.1) is 0 Å². The van der Waals surface area contributed by atoms with Gasteiger partial charge in [-0.2, -0.15) is 13.2 Å². The minimum Gasteiger partial charge on any atom is -0.310 e. The zero-order valence-corrected chi connectivity index (χ0v) is 10.9. The van der Waals surface area contributed by atoms with E-state index in [9.17, 15) is 21.6 Å². The van der Waals surface area contributed by atoms with Crippen LogP contribution in [0.1, 0.15) is 32.1 Å². The molecule has 0 aromatic heterocycles. The van der Waals surface area contributed by atoms with E-state index in [1.807, 2.05) is 0 Å². The molecule has 1 heterocycles. The predicted molar refractivity (Wildman–Crippen MR) is 62.0 cm³/mol. The number of alkyl halides is 3. The van der Waals surface area contributed by atoms with Crippen molar-refractivity contribution in [3.8, 4) is 0 Å². The topological polar surface area (TPSA) is 46.2 Å². The van der Waals surface area contributed by atoms with Crippen LogP contribution in [0.2, 0.25) is 0 Å². The van der Waals surface area contributed by atoms with Gasteiger partial charge >= 0.3 is 6.18 Å². The highest BCUT2D eigenvalue weighted by Crippen LogP contribution is 2.38. The van der Waals surface area contributed by atoms with Crippen LogP contribution in [-0.4, -0.2) is 38.2 Å². The predicted octanol–water partition coefficient (Wildman–Crippen LogP) is 1.88. The molecule has 3 nitrogen and oxygen atoms in total. The zero-order valence-electron chi connectivity index (χ0n) is 10.0. The van der Waals surface area contributed by atoms with Crippen LogP contribution in [0.4, 0.5) is 13.2 Å². The van der Waals surface area contributed by atoms with Crippen LogP contribution < -0.4 is 5.32 Å². The van der Waals surface area contributed by atoms with Crippen LogP contribution >= 0.6 is 0 Å². The van der Waals surface area contributed by atoms with Gasteiger partial charge in [0.05, 0.1) is 17.4 Å². The monoisotopic (exact) mass is 285 g/mol. The van der Waals surface area contributed by atoms with Crippen LogP contribution in [0, 0.1) is 5.92 Å². The molecule has 1 N–H and O–H groups in total. The molecule has 2 fully saturated rings. The summed E-state index contributed by atoms with van der Waals surface area (Å²) in [5.74, 6) is -1.25. The molecule has 18 heavy (non-hydrogen) atoms. The maximum Gasteiger partial charge on any atom is 0.393 e. The number of rotatable bonds is 2. The van der Waals surface area contributed by atoms with Gasteiger partial charge in [0.1, 0.15) is 0 Å². The van der Waals surface area contributed by atoms with Gasteiger partial charge in [0.2, 0.25) is 0 Å². The smallest absolute Gasteiger partial charge is 0.310 e. The van der Waals surface area contributed by atoms with E-state index in [0.29, 0.717) is 19.3 Å². The maximum atomic E-state index is 12.9. The summed E-state index contributed by atoms with van der Waals surface area (Å²) >= 11 is 0. The Hall–Kier alpha value is -0.300. The van der Waals surface area contributed by atoms with Gasteiger partial charge in [-0.25, -0.2) is 8.42 Å². The van der Waals surface area contributed by atoms with Gasteiger partial charge < -0.3 is 5.32 Å². The molecule has 7 heteroatoms. The molecule has 0 spiro atoms. The molecule has 0 aromatic rings. The first-order valence-corrected chi connectivity index (χ1v) is 8.13. The van der Waals surface area contributed by atoms with Crippen LogP contribution in [0.15, 0.2) is 0 Å². The van der Waals surface area contributed by atoms with Crippen molar-refractivity contribution in [1.82, 2.24) is 5.32 Å². The summed E-state index contributed by atoms with van der Waals surface area (Å²) in [5, 5.41) is 2.93. The Morgan fingerprint density at radius 3 is 2.28 bits per heavy atom. The summed E-state index contributed by atoms with van der Waals surface area (Å²) in [4.78, 5) is 0. The quantitative estimate of drug-likeness (QED) is 0.842. The lowest BCUT2D eigenvalue weighted by molar-refractivity contribution is -0.189. The van der Waals surface area contributed by atoms with E-state index < -0.39 is 28.0 Å². The van der Waals surface area contributed by atoms with Gasteiger partial charge in [0.25, 0.3) is 0 Å². The fourth-order valence-corrected chi connectivity index (χ4v) is 4.64. The Kier molecular flexibility index (Phi) is 3.92. The van der Waals surface area contributed by atoms with Crippen molar-refractivity contribution in [2.45, 2.75) is 50.4 Å². The van der Waals surface area contributed by atoms with E-state index in [2.05, 4.69) is 5.32 Å². The first-order chi connectivity index (χ1) is 8.28. The lowest BCUT2D eigenvalue weighted by Gasteiger charge is -2.35. The maximum absolute atomic E-state index is 12.9. The molecule has 2 aliphatic rings. The molecule has 1 saturated heterocycles. The number of halogens is 3. The normalized spacial score (nSPS) is 36.7. The molecule has 3 atom stereocenters. The largest absolute Gasteiger partial charge is 0.393 e. The summed E-state index contributed by atoms with van der Waals surface area (Å²) in [5.41, 5.74) is 0. The van der Waals surface area contributed by atoms with Crippen LogP contribution in [0.5, 0.6) is 0 Å². The van der Waals surface area contributed by atoms with Crippen molar-refractivity contribution in [3.63, 3.8) is 0 Å². The fourth-order valence-electron chi connectivity index (χ4n) is 2.95. The van der Waals surface area contributed by atoms with Crippen molar-refractivity contribution in [2.75, 3.05) is 11.5 Å². The molecule has 0 radical (unpaired) electrons. The third-order valence-electron chi connectivity index (χ3n) is 3.87. The standard InChI is InChI=1S/C11H18F3NO2S/c12-11(13,14)9-3-1-2-4-10(9)15-8-5-6-18(16,17)7-8/h8-10,15H,1-7H2. The minimum absolute atomic E-state index is 0.0198. The van der Waals surface area contributed by atoms with Crippen LogP contribution in [-0.2, 0) is 9.84 Å². The Balaban J connectivity index is 1.98. The first kappa shape index (κ1) is 14.1. The van der Waals surface area contributed by atoms with Crippen molar-refractivity contribution in [2.24, 2.45) is 5.92 Å². The van der Waals surface area contributed by atoms with E-state index in [1.54, 1.807) is 0 Å². The lowest BCUT2D eigenvalue weighted by Crippen LogP contribution is -2.49. The van der Waals surface area contributed by atoms with E-state index >= 15 is 0 Å². The highest BCUT2D eigenvalue weighted by Gasteiger charge is 2.46. The summed E-state index contributed by atoms with van der Waals surface area (Å²) in [6, 6.07) is -0.917. The number of hydrogen-bond acceptors (Lipinski definition) is 3. The Morgan fingerprint density at radius 2 is 1.72 bits per heavy atom. The number of hydrogen-bond donors (Lipinski definition) is 1. The summed E-state index contributed by atoms with van der Waals surface area (Å²) in [7, 11) is -3.04. The summed E-state index contributed by atoms with van der Waals surface area (Å²) < 4.78 is 61.2. The molecule has 0 aromatic carbocycles. The highest BCUT2D eigenvalue weighted by atomic mass is 32.2. The molecule has 1 aliphatic heterocycles. The molecule has 0 amide bonds. The first-order valence-electron chi connectivity index (χ1n) is 6.31. The van der Waals surface area contributed by atoms with Gasteiger partial charge in [-0.3, -0.25) is 0 Å². The zero-order chi connectivity index (χ0) is 13.4. The van der Waals surface area contributed by atoms with E-state index in [0.717, 1.165) is 6.42 Å². The van der Waals surface area contributed by atoms with Crippen LogP contribution in [0.3, 0.4) is 0 Å². The van der Waals surface area contributed by atoms with Gasteiger partial charge in [0, 0.05) is 12.1 Å². The van der Waals surface area contributed by atoms with Crippen LogP contribution in [0.25, 0.3) is 0 Å². The molecular formula is C11H18F3NO2S. The molecule has 3 unspecified atom stereocenters. The Bertz CT molecular complexity index is 394. The van der Waals surface area contributed by atoms with E-state index in [4.69, 9.17) is 0 Å². The molecular weight excluding hydrogens is 267 g/mol. The average molecular weight is 285 g/mol. The summed E-state index contributed by atoms with van der Waals surface area (Å²) in [6.07, 6.45) is -1.73. The number of nitrogens with one attached hydrogen (secondary N) is 1. The molecule has 106 valence electrons. The second-order valence-corrected chi connectivity index (χ2v) is 7.53. The van der Waals surface area contributed by atoms with E-state index in [-0.39, 0.29) is 24.0 Å². The molecule has 0 bridgehead atoms. The highest BCUT2D eigenvalue weighted by molar-refractivity contribution is 7.91. The van der Waals surface area contributed by atoms with Gasteiger partial charge in [-0.05, 0) is 19.3 Å². The number of sulfone groups is 1. The second kappa shape index (κ2) is 5.00. The second-order valence-electron chi connectivity index (χ2n) is 5.31. The molecule has 1 saturated carbocycles. The SMILES string of the molecule is O=S1(=O)CCC(NC2CCCCC2C(F)(F)F)C1. The molecule has 2 rings (SSSR count). The third kappa shape index (κ3) is 3.38. The van der Waals surface area contributed by atoms with Crippen molar-refractivity contribution >= 4 is 9.84 Å². The lowest BCUT2D eigenvalue weighted by atomic mass is 9.83. The Morgan fingerprint density at radius 1 is 1.06 bits per heavy atom. The van der Waals surface area contributed by atoms with Gasteiger partial charge in [-0.1, -0.05) is 12.8 Å². The Labute approximate surface area is 105 Å². The fraction of sp³-hybridized carbons (Fsp3) is 1.00. The van der Waals surface area contributed by atoms with E-state index in [1.165, 1.54) is 0 Å². The average Bonchev–Trinajstić information content (AvgIpc) is 2.57. The third-order valence-corrected chi connectivity index (χ3v) is 5.64. The van der Waals surface area contributed by atoms with Gasteiger partial charge in [0.15, 0.2) is 9.84 Å². The minimum atomic E-state index is -4.18. The molecule has 1 aliphatic carbocycles. The van der Waals surface area contributed by atoms with Crippen molar-refractivity contribution in [1.29, 1.82) is 0 Å². The summed E-state index contributed by atoms with van der Waals surface area (Å²) in [6.45, 7) is 0.